The number of nitrogens with zero attached hydrogens (tertiary/aromatic N) is 2. The Labute approximate surface area is 96.6 Å². The number of hydrogen-bond acceptors (Lipinski definition) is 3. The van der Waals surface area contributed by atoms with Crippen molar-refractivity contribution in [3.8, 4) is 17.2 Å². The number of H-pyrrole nitrogens is 1. The van der Waals surface area contributed by atoms with Gasteiger partial charge in [-0.05, 0) is 17.7 Å². The molecular weight excluding hydrogens is 218 g/mol. The molecule has 5 heteroatoms. The maximum Gasteiger partial charge on any atom is 0.328 e. The van der Waals surface area contributed by atoms with Gasteiger partial charge in [-0.3, -0.25) is 9.36 Å². The Morgan fingerprint density at radius 1 is 1.24 bits per heavy atom. The quantitative estimate of drug-likeness (QED) is 0.775. The molecule has 0 aliphatic heterocycles. The monoisotopic (exact) mass is 227 g/mol. The number of nitriles is 1. The van der Waals surface area contributed by atoms with Crippen LogP contribution in [-0.4, -0.2) is 9.55 Å². The summed E-state index contributed by atoms with van der Waals surface area (Å²) < 4.78 is 1.01. The lowest BCUT2D eigenvalue weighted by molar-refractivity contribution is 0.778. The van der Waals surface area contributed by atoms with Crippen molar-refractivity contribution in [3.63, 3.8) is 0 Å². The second-order valence-electron chi connectivity index (χ2n) is 3.56. The molecule has 1 aromatic carbocycles. The van der Waals surface area contributed by atoms with E-state index in [1.165, 1.54) is 13.2 Å². The third kappa shape index (κ3) is 1.88. The van der Waals surface area contributed by atoms with Crippen LogP contribution in [0.25, 0.3) is 11.1 Å². The van der Waals surface area contributed by atoms with Gasteiger partial charge in [-0.2, -0.15) is 5.26 Å². The van der Waals surface area contributed by atoms with E-state index in [0.717, 1.165) is 4.57 Å². The van der Waals surface area contributed by atoms with Crippen molar-refractivity contribution >= 4 is 0 Å². The van der Waals surface area contributed by atoms with Crippen LogP contribution in [0.1, 0.15) is 5.56 Å². The van der Waals surface area contributed by atoms with E-state index in [9.17, 15) is 9.59 Å². The number of aromatic amines is 1. The molecule has 0 aliphatic rings. The zero-order valence-electron chi connectivity index (χ0n) is 9.10. The third-order valence-corrected chi connectivity index (χ3v) is 2.50. The average molecular weight is 227 g/mol. The summed E-state index contributed by atoms with van der Waals surface area (Å²) in [4.78, 5) is 25.5. The van der Waals surface area contributed by atoms with Gasteiger partial charge in [0, 0.05) is 13.2 Å². The van der Waals surface area contributed by atoms with E-state index < -0.39 is 5.69 Å². The second-order valence-corrected chi connectivity index (χ2v) is 3.56. The van der Waals surface area contributed by atoms with Gasteiger partial charge in [0.2, 0.25) is 0 Å². The maximum atomic E-state index is 11.8. The molecule has 0 saturated carbocycles. The second kappa shape index (κ2) is 4.10. The molecule has 0 atom stereocenters. The SMILES string of the molecule is Cn1c(=O)[nH]cc(-c2ccc(C#N)cc2)c1=O. The fourth-order valence-electron chi connectivity index (χ4n) is 1.50. The summed E-state index contributed by atoms with van der Waals surface area (Å²) >= 11 is 0. The van der Waals surface area contributed by atoms with E-state index >= 15 is 0 Å². The van der Waals surface area contributed by atoms with Crippen molar-refractivity contribution in [2.75, 3.05) is 0 Å². The van der Waals surface area contributed by atoms with Crippen molar-refractivity contribution in [1.82, 2.24) is 9.55 Å². The zero-order chi connectivity index (χ0) is 12.4. The van der Waals surface area contributed by atoms with Gasteiger partial charge in [0.25, 0.3) is 5.56 Å². The summed E-state index contributed by atoms with van der Waals surface area (Å²) in [6, 6.07) is 8.60. The molecule has 0 radical (unpaired) electrons. The van der Waals surface area contributed by atoms with Gasteiger partial charge in [-0.15, -0.1) is 0 Å². The van der Waals surface area contributed by atoms with Gasteiger partial charge in [-0.25, -0.2) is 4.79 Å². The van der Waals surface area contributed by atoms with Crippen LogP contribution >= 0.6 is 0 Å². The maximum absolute atomic E-state index is 11.8. The topological polar surface area (TPSA) is 78.7 Å². The van der Waals surface area contributed by atoms with Crippen molar-refractivity contribution < 1.29 is 0 Å². The molecule has 1 heterocycles. The van der Waals surface area contributed by atoms with Gasteiger partial charge in [0.1, 0.15) is 0 Å². The fraction of sp³-hybridized carbons (Fsp3) is 0.0833. The van der Waals surface area contributed by atoms with E-state index in [4.69, 9.17) is 5.26 Å². The lowest BCUT2D eigenvalue weighted by Crippen LogP contribution is -2.32. The van der Waals surface area contributed by atoms with Crippen LogP contribution in [0.2, 0.25) is 0 Å². The van der Waals surface area contributed by atoms with Crippen LogP contribution in [0.3, 0.4) is 0 Å². The van der Waals surface area contributed by atoms with Gasteiger partial charge in [0.05, 0.1) is 17.2 Å². The standard InChI is InChI=1S/C12H9N3O2/c1-15-11(16)10(7-14-12(15)17)9-4-2-8(6-13)3-5-9/h2-5,7H,1H3,(H,14,17). The van der Waals surface area contributed by atoms with Crippen LogP contribution in [0.15, 0.2) is 40.1 Å². The highest BCUT2D eigenvalue weighted by atomic mass is 16.2. The number of hydrogen-bond donors (Lipinski definition) is 1. The zero-order valence-corrected chi connectivity index (χ0v) is 9.10. The molecule has 1 aromatic heterocycles. The third-order valence-electron chi connectivity index (χ3n) is 2.50. The molecule has 5 nitrogen and oxygen atoms in total. The molecular formula is C12H9N3O2. The first kappa shape index (κ1) is 10.9. The van der Waals surface area contributed by atoms with Crippen LogP contribution in [0.5, 0.6) is 0 Å². The molecule has 17 heavy (non-hydrogen) atoms. The minimum Gasteiger partial charge on any atom is -0.313 e. The Kier molecular flexibility index (Phi) is 2.63. The molecule has 0 fully saturated rings. The summed E-state index contributed by atoms with van der Waals surface area (Å²) in [7, 11) is 1.41. The minimum absolute atomic E-state index is 0.363. The molecule has 1 N–H and O–H groups in total. The van der Waals surface area contributed by atoms with E-state index in [1.54, 1.807) is 24.3 Å². The van der Waals surface area contributed by atoms with Crippen molar-refractivity contribution in [3.05, 3.63) is 56.9 Å². The van der Waals surface area contributed by atoms with Crippen LogP contribution < -0.4 is 11.2 Å². The van der Waals surface area contributed by atoms with Gasteiger partial charge < -0.3 is 4.98 Å². The lowest BCUT2D eigenvalue weighted by Gasteiger charge is -2.02. The predicted molar refractivity (Wildman–Crippen MR) is 62.5 cm³/mol. The number of benzene rings is 1. The lowest BCUT2D eigenvalue weighted by atomic mass is 10.1. The van der Waals surface area contributed by atoms with Gasteiger partial charge in [0.15, 0.2) is 0 Å². The van der Waals surface area contributed by atoms with Crippen molar-refractivity contribution in [2.24, 2.45) is 7.05 Å². The molecule has 0 unspecified atom stereocenters. The molecule has 0 saturated heterocycles. The Hall–Kier alpha value is -2.61. The summed E-state index contributed by atoms with van der Waals surface area (Å²) in [5, 5.41) is 8.67. The van der Waals surface area contributed by atoms with E-state index in [2.05, 4.69) is 4.98 Å². The summed E-state index contributed by atoms with van der Waals surface area (Å²) in [6.45, 7) is 0. The molecule has 0 bridgehead atoms. The number of rotatable bonds is 1. The largest absolute Gasteiger partial charge is 0.328 e. The van der Waals surface area contributed by atoms with E-state index in [0.29, 0.717) is 16.7 Å². The highest BCUT2D eigenvalue weighted by molar-refractivity contribution is 5.62. The molecule has 2 rings (SSSR count). The van der Waals surface area contributed by atoms with Crippen molar-refractivity contribution in [2.45, 2.75) is 0 Å². The van der Waals surface area contributed by atoms with E-state index in [-0.39, 0.29) is 5.56 Å². The van der Waals surface area contributed by atoms with Crippen LogP contribution in [-0.2, 0) is 7.05 Å². The Morgan fingerprint density at radius 3 is 2.47 bits per heavy atom. The Balaban J connectivity index is 2.62. The first-order chi connectivity index (χ1) is 8.13. The Morgan fingerprint density at radius 2 is 1.88 bits per heavy atom. The summed E-state index contributed by atoms with van der Waals surface area (Å²) in [6.07, 6.45) is 1.38. The molecule has 0 amide bonds. The first-order valence-electron chi connectivity index (χ1n) is 4.92. The van der Waals surface area contributed by atoms with Gasteiger partial charge in [-0.1, -0.05) is 12.1 Å². The highest BCUT2D eigenvalue weighted by Gasteiger charge is 2.06. The summed E-state index contributed by atoms with van der Waals surface area (Å²) in [5.41, 5.74) is 0.776. The predicted octanol–water partition coefficient (Wildman–Crippen LogP) is 0.612. The number of nitrogens with one attached hydrogen (secondary N) is 1. The molecule has 0 aliphatic carbocycles. The van der Waals surface area contributed by atoms with Crippen LogP contribution in [0, 0.1) is 11.3 Å². The smallest absolute Gasteiger partial charge is 0.313 e. The fourth-order valence-corrected chi connectivity index (χ4v) is 1.50. The van der Waals surface area contributed by atoms with E-state index in [1.807, 2.05) is 6.07 Å². The normalized spacial score (nSPS) is 9.88. The first-order valence-corrected chi connectivity index (χ1v) is 4.92. The number of aromatic nitrogens is 2. The molecule has 84 valence electrons. The Bertz CT molecular complexity index is 702. The van der Waals surface area contributed by atoms with Crippen LogP contribution in [0.4, 0.5) is 0 Å². The van der Waals surface area contributed by atoms with Crippen molar-refractivity contribution in [1.29, 1.82) is 5.26 Å². The minimum atomic E-state index is -0.451. The highest BCUT2D eigenvalue weighted by Crippen LogP contribution is 2.14. The average Bonchev–Trinajstić information content (AvgIpc) is 2.36. The molecule has 0 spiro atoms. The molecule has 2 aromatic rings. The van der Waals surface area contributed by atoms with Gasteiger partial charge >= 0.3 is 5.69 Å². The summed E-state index contributed by atoms with van der Waals surface area (Å²) in [5.74, 6) is 0.